The number of carboxylic acid groups (broad SMARTS) is 1. The van der Waals surface area contributed by atoms with Crippen LogP contribution < -0.4 is 0 Å². The van der Waals surface area contributed by atoms with Gasteiger partial charge in [0, 0.05) is 31.7 Å². The highest BCUT2D eigenvalue weighted by molar-refractivity contribution is 5.75. The molecule has 2 aromatic heterocycles. The monoisotopic (exact) mass is 520 g/mol. The number of piperidine rings is 1. The lowest BCUT2D eigenvalue weighted by Gasteiger charge is -2.32. The van der Waals surface area contributed by atoms with Gasteiger partial charge in [-0.15, -0.1) is 5.10 Å². The van der Waals surface area contributed by atoms with E-state index in [4.69, 9.17) is 4.98 Å². The molecule has 8 heteroatoms. The van der Waals surface area contributed by atoms with Crippen molar-refractivity contribution in [1.82, 2.24) is 29.4 Å². The van der Waals surface area contributed by atoms with Crippen molar-refractivity contribution in [1.29, 1.82) is 0 Å². The first kappa shape index (κ1) is 28.0. The smallest absolute Gasteiger partial charge is 0.309 e. The zero-order valence-corrected chi connectivity index (χ0v) is 23.7. The molecule has 3 heterocycles. The number of aromatic nitrogens is 5. The van der Waals surface area contributed by atoms with Crippen molar-refractivity contribution in [3.63, 3.8) is 0 Å². The Morgan fingerprint density at radius 1 is 1.18 bits per heavy atom. The van der Waals surface area contributed by atoms with Gasteiger partial charge in [0.25, 0.3) is 0 Å². The molecule has 1 aliphatic heterocycles. The molecular weight excluding hydrogens is 476 g/mol. The van der Waals surface area contributed by atoms with Gasteiger partial charge in [0.1, 0.15) is 5.82 Å². The molecule has 0 bridgehead atoms. The summed E-state index contributed by atoms with van der Waals surface area (Å²) in [6.45, 7) is 14.8. The summed E-state index contributed by atoms with van der Waals surface area (Å²) >= 11 is 0. The molecule has 0 radical (unpaired) electrons. The van der Waals surface area contributed by atoms with Gasteiger partial charge in [-0.05, 0) is 95.0 Å². The van der Waals surface area contributed by atoms with E-state index in [9.17, 15) is 9.90 Å². The number of hydrogen-bond donors (Lipinski definition) is 1. The molecule has 0 unspecified atom stereocenters. The molecule has 1 saturated heterocycles. The lowest BCUT2D eigenvalue weighted by Crippen LogP contribution is -2.34. The Morgan fingerprint density at radius 2 is 1.95 bits per heavy atom. The number of likely N-dealkylation sites (tertiary alicyclic amines) is 1. The quantitative estimate of drug-likeness (QED) is 0.349. The predicted octanol–water partition coefficient (Wildman–Crippen LogP) is 5.30. The van der Waals surface area contributed by atoms with E-state index in [0.717, 1.165) is 55.7 Å². The molecule has 1 atom stereocenters. The third-order valence-corrected chi connectivity index (χ3v) is 8.59. The number of rotatable bonds is 12. The zero-order chi connectivity index (χ0) is 27.3. The Labute approximate surface area is 227 Å². The van der Waals surface area contributed by atoms with Crippen LogP contribution in [0, 0.1) is 18.3 Å². The van der Waals surface area contributed by atoms with E-state index in [0.29, 0.717) is 12.8 Å². The van der Waals surface area contributed by atoms with Gasteiger partial charge in [-0.25, -0.2) is 4.98 Å². The van der Waals surface area contributed by atoms with Gasteiger partial charge in [-0.3, -0.25) is 14.4 Å². The predicted molar refractivity (Wildman–Crippen MR) is 149 cm³/mol. The van der Waals surface area contributed by atoms with Crippen molar-refractivity contribution in [2.75, 3.05) is 13.1 Å². The molecule has 38 heavy (non-hydrogen) atoms. The third kappa shape index (κ3) is 6.52. The van der Waals surface area contributed by atoms with Gasteiger partial charge in [-0.2, -0.15) is 0 Å². The molecule has 1 fully saturated rings. The number of carbonyl (C=O) groups is 1. The van der Waals surface area contributed by atoms with Crippen LogP contribution in [0.25, 0.3) is 0 Å². The van der Waals surface area contributed by atoms with Crippen molar-refractivity contribution in [3.05, 3.63) is 65.0 Å². The van der Waals surface area contributed by atoms with E-state index in [1.54, 1.807) is 0 Å². The lowest BCUT2D eigenvalue weighted by molar-refractivity contribution is -0.148. The van der Waals surface area contributed by atoms with Crippen LogP contribution in [0.2, 0.25) is 0 Å². The fourth-order valence-corrected chi connectivity index (χ4v) is 5.64. The highest BCUT2D eigenvalue weighted by Gasteiger charge is 2.38. The minimum Gasteiger partial charge on any atom is -0.481 e. The van der Waals surface area contributed by atoms with Crippen LogP contribution in [0.5, 0.6) is 0 Å². The van der Waals surface area contributed by atoms with E-state index in [2.05, 4.69) is 58.0 Å². The van der Waals surface area contributed by atoms with Crippen LogP contribution in [0.15, 0.2) is 36.8 Å². The Kier molecular flexibility index (Phi) is 9.03. The van der Waals surface area contributed by atoms with Gasteiger partial charge >= 0.3 is 5.97 Å². The number of benzene rings is 1. The minimum absolute atomic E-state index is 0.159. The summed E-state index contributed by atoms with van der Waals surface area (Å²) in [6.07, 6.45) is 11.1. The molecule has 1 N–H and O–H groups in total. The standard InChI is InChI=1S/C30H44N6O2/c1-6-23-12-15-34(16-13-23)21-28-31-14-17-35(28)19-25-18-24(9-8-22(25)3)27(30(4,5)29(37)38)11-10-26-20-36(7-2)33-32-26/h8-9,14,17-18,20,23,27H,6-7,10-13,15-16,19,21H2,1-5H3,(H,37,38)/t27-/m0/s1. The van der Waals surface area contributed by atoms with E-state index < -0.39 is 11.4 Å². The summed E-state index contributed by atoms with van der Waals surface area (Å²) in [7, 11) is 0. The van der Waals surface area contributed by atoms with E-state index in [1.165, 1.54) is 30.4 Å². The SMILES string of the molecule is CCC1CCN(Cc2nccn2Cc2cc([C@H](CCc3cn(CC)nn3)C(C)(C)C(=O)O)ccc2C)CC1. The summed E-state index contributed by atoms with van der Waals surface area (Å²) in [5.74, 6) is 1.00. The van der Waals surface area contributed by atoms with Gasteiger partial charge < -0.3 is 9.67 Å². The second-order valence-electron chi connectivity index (χ2n) is 11.5. The van der Waals surface area contributed by atoms with Crippen LogP contribution in [0.3, 0.4) is 0 Å². The highest BCUT2D eigenvalue weighted by atomic mass is 16.4. The minimum atomic E-state index is -0.919. The largest absolute Gasteiger partial charge is 0.481 e. The molecule has 1 aromatic carbocycles. The first-order valence-corrected chi connectivity index (χ1v) is 14.1. The first-order chi connectivity index (χ1) is 18.2. The van der Waals surface area contributed by atoms with Gasteiger partial charge in [-0.1, -0.05) is 36.8 Å². The van der Waals surface area contributed by atoms with Gasteiger partial charge in [0.2, 0.25) is 0 Å². The highest BCUT2D eigenvalue weighted by Crippen LogP contribution is 2.40. The molecule has 1 aliphatic rings. The Bertz CT molecular complexity index is 1210. The normalized spacial score (nSPS) is 16.1. The van der Waals surface area contributed by atoms with Crippen molar-refractivity contribution in [2.45, 2.75) is 92.3 Å². The maximum absolute atomic E-state index is 12.3. The average molecular weight is 521 g/mol. The van der Waals surface area contributed by atoms with Crippen LogP contribution in [0.1, 0.15) is 87.5 Å². The lowest BCUT2D eigenvalue weighted by atomic mass is 9.72. The van der Waals surface area contributed by atoms with Crippen LogP contribution in [-0.4, -0.2) is 53.6 Å². The van der Waals surface area contributed by atoms with Crippen LogP contribution in [0.4, 0.5) is 0 Å². The Balaban J connectivity index is 1.53. The van der Waals surface area contributed by atoms with Crippen LogP contribution >= 0.6 is 0 Å². The van der Waals surface area contributed by atoms with Crippen molar-refractivity contribution in [3.8, 4) is 0 Å². The van der Waals surface area contributed by atoms with E-state index in [-0.39, 0.29) is 5.92 Å². The third-order valence-electron chi connectivity index (χ3n) is 8.59. The summed E-state index contributed by atoms with van der Waals surface area (Å²) in [4.78, 5) is 19.5. The number of hydrogen-bond acceptors (Lipinski definition) is 5. The fourth-order valence-electron chi connectivity index (χ4n) is 5.64. The molecule has 3 aromatic rings. The molecule has 206 valence electrons. The number of nitrogens with zero attached hydrogens (tertiary/aromatic N) is 6. The molecule has 0 amide bonds. The van der Waals surface area contributed by atoms with Crippen molar-refractivity contribution >= 4 is 5.97 Å². The second-order valence-corrected chi connectivity index (χ2v) is 11.5. The topological polar surface area (TPSA) is 89.1 Å². The second kappa shape index (κ2) is 12.2. The number of carboxylic acids is 1. The average Bonchev–Trinajstić information content (AvgIpc) is 3.55. The zero-order valence-electron chi connectivity index (χ0n) is 23.7. The molecule has 0 aliphatic carbocycles. The van der Waals surface area contributed by atoms with Crippen molar-refractivity contribution < 1.29 is 9.90 Å². The maximum Gasteiger partial charge on any atom is 0.309 e. The Hall–Kier alpha value is -3.00. The number of aliphatic carboxylic acids is 1. The maximum atomic E-state index is 12.3. The van der Waals surface area contributed by atoms with E-state index >= 15 is 0 Å². The Morgan fingerprint density at radius 3 is 2.61 bits per heavy atom. The first-order valence-electron chi connectivity index (χ1n) is 14.1. The molecule has 0 saturated carbocycles. The number of imidazole rings is 1. The van der Waals surface area contributed by atoms with Gasteiger partial charge in [0.05, 0.1) is 17.7 Å². The molecular formula is C30H44N6O2. The summed E-state index contributed by atoms with van der Waals surface area (Å²) < 4.78 is 4.06. The van der Waals surface area contributed by atoms with Gasteiger partial charge in [0.15, 0.2) is 0 Å². The van der Waals surface area contributed by atoms with Crippen LogP contribution in [-0.2, 0) is 30.8 Å². The van der Waals surface area contributed by atoms with E-state index in [1.807, 2.05) is 37.8 Å². The molecule has 8 nitrogen and oxygen atoms in total. The summed E-state index contributed by atoms with van der Waals surface area (Å²) in [5.41, 5.74) is 3.45. The molecule has 0 spiro atoms. The molecule has 4 rings (SSSR count). The summed E-state index contributed by atoms with van der Waals surface area (Å²) in [6, 6.07) is 6.45. The number of aryl methyl sites for hydroxylation is 3. The summed E-state index contributed by atoms with van der Waals surface area (Å²) in [5, 5.41) is 18.5. The fraction of sp³-hybridized carbons (Fsp3) is 0.600. The van der Waals surface area contributed by atoms with Crippen molar-refractivity contribution in [2.24, 2.45) is 11.3 Å².